The molecule has 0 saturated heterocycles. The van der Waals surface area contributed by atoms with Crippen molar-refractivity contribution < 1.29 is 4.74 Å². The molecule has 0 unspecified atom stereocenters. The summed E-state index contributed by atoms with van der Waals surface area (Å²) in [6.07, 6.45) is 8.33. The Labute approximate surface area is 123 Å². The van der Waals surface area contributed by atoms with Crippen molar-refractivity contribution >= 4 is 0 Å². The van der Waals surface area contributed by atoms with E-state index in [1.807, 2.05) is 6.07 Å². The second-order valence-electron chi connectivity index (χ2n) is 5.78. The molecule has 0 aliphatic heterocycles. The van der Waals surface area contributed by atoms with Gasteiger partial charge in [0.15, 0.2) is 5.88 Å². The first-order valence-electron chi connectivity index (χ1n) is 7.90. The summed E-state index contributed by atoms with van der Waals surface area (Å²) in [5.74, 6) is 0.740. The molecule has 1 saturated carbocycles. The third-order valence-electron chi connectivity index (χ3n) is 4.33. The fraction of sp³-hybridized carbons (Fsp3) is 0.556. The van der Waals surface area contributed by atoms with E-state index in [9.17, 15) is 0 Å². The van der Waals surface area contributed by atoms with Crippen molar-refractivity contribution in [3.05, 3.63) is 48.4 Å². The number of hydrogen-bond donors (Lipinski definition) is 1. The number of ether oxygens (including phenoxy) is 1. The lowest BCUT2D eigenvalue weighted by molar-refractivity contribution is -0.0384. The van der Waals surface area contributed by atoms with Crippen LogP contribution in [0.4, 0.5) is 0 Å². The fourth-order valence-electron chi connectivity index (χ4n) is 3.01. The van der Waals surface area contributed by atoms with Gasteiger partial charge in [0.1, 0.15) is 5.60 Å². The van der Waals surface area contributed by atoms with Gasteiger partial charge in [-0.3, -0.25) is 0 Å². The normalized spacial score (nSPS) is 17.4. The molecule has 110 valence electrons. The topological polar surface area (TPSA) is 21.3 Å². The maximum absolute atomic E-state index is 6.16. The van der Waals surface area contributed by atoms with E-state index >= 15 is 0 Å². The molecular formula is C18H27NO. The van der Waals surface area contributed by atoms with Crippen molar-refractivity contribution in [2.45, 2.75) is 57.5 Å². The van der Waals surface area contributed by atoms with Crippen LogP contribution in [0.5, 0.6) is 0 Å². The Balaban J connectivity index is 1.74. The Morgan fingerprint density at radius 1 is 1.20 bits per heavy atom. The third kappa shape index (κ3) is 4.29. The number of hydrogen-bond acceptors (Lipinski definition) is 2. The van der Waals surface area contributed by atoms with Crippen LogP contribution in [-0.2, 0) is 11.2 Å². The molecule has 0 aromatic heterocycles. The van der Waals surface area contributed by atoms with E-state index < -0.39 is 0 Å². The Bertz CT molecular complexity index is 407. The Kier molecular flexibility index (Phi) is 5.51. The predicted molar refractivity (Wildman–Crippen MR) is 84.5 cm³/mol. The lowest BCUT2D eigenvalue weighted by atomic mass is 9.83. The van der Waals surface area contributed by atoms with Crippen LogP contribution in [0.25, 0.3) is 0 Å². The van der Waals surface area contributed by atoms with Crippen molar-refractivity contribution in [1.82, 2.24) is 5.32 Å². The van der Waals surface area contributed by atoms with E-state index in [1.165, 1.54) is 37.7 Å². The summed E-state index contributed by atoms with van der Waals surface area (Å²) < 4.78 is 6.16. The zero-order valence-corrected chi connectivity index (χ0v) is 12.7. The van der Waals surface area contributed by atoms with Crippen molar-refractivity contribution in [3.63, 3.8) is 0 Å². The molecule has 0 heterocycles. The molecule has 1 aliphatic rings. The standard InChI is InChI=1S/C18H27NO/c1-3-18(13-8-5-9-14-18)20-16(2)19-15-12-17-10-6-4-7-11-17/h4,6-7,10-11,19H,2-3,5,8-9,12-15H2,1H3. The summed E-state index contributed by atoms with van der Waals surface area (Å²) >= 11 is 0. The molecule has 20 heavy (non-hydrogen) atoms. The molecule has 1 aliphatic carbocycles. The van der Waals surface area contributed by atoms with Gasteiger partial charge in [0.05, 0.1) is 0 Å². The van der Waals surface area contributed by atoms with E-state index in [-0.39, 0.29) is 5.60 Å². The molecule has 1 fully saturated rings. The molecule has 0 radical (unpaired) electrons. The van der Waals surface area contributed by atoms with Gasteiger partial charge in [-0.2, -0.15) is 0 Å². The lowest BCUT2D eigenvalue weighted by Gasteiger charge is -2.37. The first kappa shape index (κ1) is 15.0. The zero-order chi connectivity index (χ0) is 14.3. The second-order valence-corrected chi connectivity index (χ2v) is 5.78. The highest BCUT2D eigenvalue weighted by molar-refractivity contribution is 5.15. The summed E-state index contributed by atoms with van der Waals surface area (Å²) in [7, 11) is 0. The van der Waals surface area contributed by atoms with Crippen LogP contribution >= 0.6 is 0 Å². The van der Waals surface area contributed by atoms with Crippen LogP contribution in [0.3, 0.4) is 0 Å². The maximum atomic E-state index is 6.16. The van der Waals surface area contributed by atoms with Gasteiger partial charge in [0.25, 0.3) is 0 Å². The Morgan fingerprint density at radius 3 is 2.55 bits per heavy atom. The minimum atomic E-state index is 0.0368. The highest BCUT2D eigenvalue weighted by atomic mass is 16.5. The molecule has 1 aromatic carbocycles. The molecule has 0 bridgehead atoms. The summed E-state index contributed by atoms with van der Waals surface area (Å²) in [5, 5.41) is 3.32. The van der Waals surface area contributed by atoms with E-state index in [1.54, 1.807) is 0 Å². The van der Waals surface area contributed by atoms with Gasteiger partial charge in [-0.1, -0.05) is 43.7 Å². The number of benzene rings is 1. The molecule has 0 amide bonds. The van der Waals surface area contributed by atoms with E-state index in [0.717, 1.165) is 25.3 Å². The molecule has 1 aromatic rings. The van der Waals surface area contributed by atoms with Gasteiger partial charge in [-0.05, 0) is 50.7 Å². The number of nitrogens with one attached hydrogen (secondary N) is 1. The van der Waals surface area contributed by atoms with Gasteiger partial charge in [0.2, 0.25) is 0 Å². The maximum Gasteiger partial charge on any atom is 0.179 e. The van der Waals surface area contributed by atoms with E-state index in [2.05, 4.69) is 43.1 Å². The van der Waals surface area contributed by atoms with Gasteiger partial charge >= 0.3 is 0 Å². The SMILES string of the molecule is C=C(NCCc1ccccc1)OC1(CC)CCCCC1. The highest BCUT2D eigenvalue weighted by Gasteiger charge is 2.32. The first-order chi connectivity index (χ1) is 9.74. The van der Waals surface area contributed by atoms with Crippen LogP contribution in [0.1, 0.15) is 51.0 Å². The highest BCUT2D eigenvalue weighted by Crippen LogP contribution is 2.35. The largest absolute Gasteiger partial charge is 0.473 e. The van der Waals surface area contributed by atoms with Gasteiger partial charge in [-0.25, -0.2) is 0 Å². The van der Waals surface area contributed by atoms with Crippen LogP contribution in [0.15, 0.2) is 42.8 Å². The monoisotopic (exact) mass is 273 g/mol. The fourth-order valence-corrected chi connectivity index (χ4v) is 3.01. The summed E-state index contributed by atoms with van der Waals surface area (Å²) in [6.45, 7) is 7.14. The van der Waals surface area contributed by atoms with E-state index in [4.69, 9.17) is 4.74 Å². The molecule has 2 rings (SSSR count). The average Bonchev–Trinajstić information content (AvgIpc) is 2.49. The van der Waals surface area contributed by atoms with Gasteiger partial charge < -0.3 is 10.1 Å². The van der Waals surface area contributed by atoms with Crippen LogP contribution in [0.2, 0.25) is 0 Å². The predicted octanol–water partition coefficient (Wildman–Crippen LogP) is 4.42. The second kappa shape index (κ2) is 7.37. The zero-order valence-electron chi connectivity index (χ0n) is 12.7. The van der Waals surface area contributed by atoms with Gasteiger partial charge in [-0.15, -0.1) is 0 Å². The van der Waals surface area contributed by atoms with Crippen LogP contribution in [-0.4, -0.2) is 12.1 Å². The minimum Gasteiger partial charge on any atom is -0.473 e. The lowest BCUT2D eigenvalue weighted by Crippen LogP contribution is -2.36. The Morgan fingerprint density at radius 2 is 1.90 bits per heavy atom. The molecule has 1 N–H and O–H groups in total. The van der Waals surface area contributed by atoms with Crippen molar-refractivity contribution in [2.75, 3.05) is 6.54 Å². The van der Waals surface area contributed by atoms with E-state index in [0.29, 0.717) is 0 Å². The summed E-state index contributed by atoms with van der Waals surface area (Å²) in [6, 6.07) is 10.5. The molecule has 0 spiro atoms. The van der Waals surface area contributed by atoms with Crippen LogP contribution < -0.4 is 5.32 Å². The molecular weight excluding hydrogens is 246 g/mol. The van der Waals surface area contributed by atoms with Crippen molar-refractivity contribution in [1.29, 1.82) is 0 Å². The third-order valence-corrected chi connectivity index (χ3v) is 4.33. The summed E-state index contributed by atoms with van der Waals surface area (Å²) in [5.41, 5.74) is 1.38. The first-order valence-corrected chi connectivity index (χ1v) is 7.90. The van der Waals surface area contributed by atoms with Crippen LogP contribution in [0, 0.1) is 0 Å². The number of rotatable bonds is 7. The average molecular weight is 273 g/mol. The molecule has 2 nitrogen and oxygen atoms in total. The van der Waals surface area contributed by atoms with Gasteiger partial charge in [0, 0.05) is 6.54 Å². The Hall–Kier alpha value is -1.44. The minimum absolute atomic E-state index is 0.0368. The molecule has 0 atom stereocenters. The molecule has 2 heteroatoms. The summed E-state index contributed by atoms with van der Waals surface area (Å²) in [4.78, 5) is 0. The van der Waals surface area contributed by atoms with Crippen molar-refractivity contribution in [3.8, 4) is 0 Å². The quantitative estimate of drug-likeness (QED) is 0.743. The van der Waals surface area contributed by atoms with Crippen molar-refractivity contribution in [2.24, 2.45) is 0 Å². The smallest absolute Gasteiger partial charge is 0.179 e.